The summed E-state index contributed by atoms with van der Waals surface area (Å²) >= 11 is 1.67. The minimum absolute atomic E-state index is 0.173. The van der Waals surface area contributed by atoms with Crippen molar-refractivity contribution in [1.29, 1.82) is 0 Å². The van der Waals surface area contributed by atoms with Crippen molar-refractivity contribution in [1.82, 2.24) is 9.88 Å². The number of rotatable bonds is 5. The number of fused-ring (bicyclic) bond motifs is 1. The van der Waals surface area contributed by atoms with Crippen LogP contribution in [0.4, 0.5) is 4.39 Å². The molecule has 0 fully saturated rings. The average Bonchev–Trinajstić information content (AvgIpc) is 3.08. The summed E-state index contributed by atoms with van der Waals surface area (Å²) in [5, 5.41) is 2.83. The van der Waals surface area contributed by atoms with Crippen molar-refractivity contribution >= 4 is 27.5 Å². The summed E-state index contributed by atoms with van der Waals surface area (Å²) in [4.78, 5) is 13.9. The van der Waals surface area contributed by atoms with Crippen LogP contribution < -0.4 is 5.32 Å². The van der Waals surface area contributed by atoms with E-state index >= 15 is 0 Å². The number of aromatic nitrogens is 1. The van der Waals surface area contributed by atoms with Gasteiger partial charge in [-0.3, -0.25) is 4.79 Å². The predicted octanol–water partition coefficient (Wildman–Crippen LogP) is 5.05. The van der Waals surface area contributed by atoms with Crippen LogP contribution in [0.3, 0.4) is 0 Å². The second kappa shape index (κ2) is 7.23. The molecule has 0 radical (unpaired) electrons. The van der Waals surface area contributed by atoms with Gasteiger partial charge in [0, 0.05) is 23.5 Å². The second-order valence-corrected chi connectivity index (χ2v) is 7.59. The smallest absolute Gasteiger partial charge is 0.268 e. The van der Waals surface area contributed by atoms with E-state index in [9.17, 15) is 9.18 Å². The highest BCUT2D eigenvalue weighted by Gasteiger charge is 2.17. The van der Waals surface area contributed by atoms with Crippen molar-refractivity contribution in [2.75, 3.05) is 0 Å². The van der Waals surface area contributed by atoms with Crippen LogP contribution in [-0.4, -0.2) is 10.5 Å². The minimum Gasteiger partial charge on any atom is -0.347 e. The summed E-state index contributed by atoms with van der Waals surface area (Å²) in [6, 6.07) is 10.5. The number of hydrogen-bond donors (Lipinski definition) is 1. The summed E-state index contributed by atoms with van der Waals surface area (Å²) < 4.78 is 16.8. The first-order valence-corrected chi connectivity index (χ1v) is 9.02. The van der Waals surface area contributed by atoms with Gasteiger partial charge < -0.3 is 9.88 Å². The zero-order valence-corrected chi connectivity index (χ0v) is 15.4. The van der Waals surface area contributed by atoms with E-state index in [0.29, 0.717) is 17.8 Å². The van der Waals surface area contributed by atoms with E-state index in [4.69, 9.17) is 0 Å². The highest BCUT2D eigenvalue weighted by Crippen LogP contribution is 2.29. The Hall–Kier alpha value is -2.40. The van der Waals surface area contributed by atoms with E-state index in [-0.39, 0.29) is 18.3 Å². The number of hydrogen-bond acceptors (Lipinski definition) is 2. The van der Waals surface area contributed by atoms with Crippen molar-refractivity contribution < 1.29 is 9.18 Å². The molecule has 1 aromatic carbocycles. The van der Waals surface area contributed by atoms with Gasteiger partial charge in [-0.2, -0.15) is 0 Å². The van der Waals surface area contributed by atoms with Crippen LogP contribution in [0.1, 0.15) is 34.8 Å². The molecular weight excluding hydrogens is 335 g/mol. The number of benzene rings is 1. The van der Waals surface area contributed by atoms with Gasteiger partial charge in [-0.25, -0.2) is 4.39 Å². The quantitative estimate of drug-likeness (QED) is 0.638. The molecule has 3 nitrogen and oxygen atoms in total. The molecular formula is C20H21FN2OS. The standard InChI is InChI=1S/C20H21FN2OS/c1-13(2)8-9-23-17-10-14(3)25-19(17)11-18(23)20(24)22-12-15-6-4-5-7-16(15)21/h4-8,10-11H,9,12H2,1-3H3,(H,22,24). The maximum Gasteiger partial charge on any atom is 0.268 e. The molecule has 3 aromatic rings. The van der Waals surface area contributed by atoms with Gasteiger partial charge in [-0.05, 0) is 39.0 Å². The lowest BCUT2D eigenvalue weighted by molar-refractivity contribution is 0.0942. The molecule has 0 aliphatic heterocycles. The monoisotopic (exact) mass is 356 g/mol. The van der Waals surface area contributed by atoms with E-state index in [1.807, 2.05) is 24.5 Å². The van der Waals surface area contributed by atoms with E-state index in [1.165, 1.54) is 16.5 Å². The summed E-state index contributed by atoms with van der Waals surface area (Å²) in [5.74, 6) is -0.495. The number of aryl methyl sites for hydroxylation is 1. The molecule has 0 atom stereocenters. The van der Waals surface area contributed by atoms with Crippen LogP contribution in [0.5, 0.6) is 0 Å². The van der Waals surface area contributed by atoms with E-state index < -0.39 is 0 Å². The molecule has 2 aromatic heterocycles. The number of thiophene rings is 1. The van der Waals surface area contributed by atoms with Gasteiger partial charge >= 0.3 is 0 Å². The third-order valence-electron chi connectivity index (χ3n) is 4.02. The number of carbonyl (C=O) groups is 1. The molecule has 1 N–H and O–H groups in total. The lowest BCUT2D eigenvalue weighted by Crippen LogP contribution is -2.25. The number of amides is 1. The molecule has 0 unspecified atom stereocenters. The summed E-state index contributed by atoms with van der Waals surface area (Å²) in [5.41, 5.74) is 3.36. The van der Waals surface area contributed by atoms with Crippen LogP contribution >= 0.6 is 11.3 Å². The zero-order chi connectivity index (χ0) is 18.0. The molecule has 5 heteroatoms. The summed E-state index contributed by atoms with van der Waals surface area (Å²) in [7, 11) is 0. The average molecular weight is 356 g/mol. The Bertz CT molecular complexity index is 948. The fraction of sp³-hybridized carbons (Fsp3) is 0.250. The van der Waals surface area contributed by atoms with E-state index in [0.717, 1.165) is 10.2 Å². The lowest BCUT2D eigenvalue weighted by atomic mass is 10.2. The van der Waals surface area contributed by atoms with Gasteiger partial charge in [0.2, 0.25) is 0 Å². The Labute approximate surface area is 150 Å². The second-order valence-electron chi connectivity index (χ2n) is 6.30. The normalized spacial score (nSPS) is 10.9. The molecule has 0 aliphatic rings. The number of allylic oxidation sites excluding steroid dienone is 2. The van der Waals surface area contributed by atoms with Crippen LogP contribution in [0.25, 0.3) is 10.2 Å². The molecule has 3 rings (SSSR count). The van der Waals surface area contributed by atoms with Gasteiger partial charge in [0.1, 0.15) is 11.5 Å². The number of nitrogens with zero attached hydrogens (tertiary/aromatic N) is 1. The lowest BCUT2D eigenvalue weighted by Gasteiger charge is -2.10. The van der Waals surface area contributed by atoms with Crippen molar-refractivity contribution in [3.63, 3.8) is 0 Å². The van der Waals surface area contributed by atoms with E-state index in [1.54, 1.807) is 29.5 Å². The van der Waals surface area contributed by atoms with Gasteiger partial charge in [0.15, 0.2) is 0 Å². The fourth-order valence-corrected chi connectivity index (χ4v) is 3.69. The van der Waals surface area contributed by atoms with Crippen LogP contribution in [-0.2, 0) is 13.1 Å². The Kier molecular flexibility index (Phi) is 5.04. The molecule has 130 valence electrons. The molecule has 1 amide bonds. The molecule has 0 aliphatic carbocycles. The summed E-state index contributed by atoms with van der Waals surface area (Å²) in [6.07, 6.45) is 2.10. The summed E-state index contributed by atoms with van der Waals surface area (Å²) in [6.45, 7) is 6.96. The molecule has 0 spiro atoms. The largest absolute Gasteiger partial charge is 0.347 e. The van der Waals surface area contributed by atoms with Gasteiger partial charge in [0.25, 0.3) is 5.91 Å². The first-order valence-electron chi connectivity index (χ1n) is 8.20. The van der Waals surface area contributed by atoms with Crippen molar-refractivity contribution in [2.45, 2.75) is 33.9 Å². The SMILES string of the molecule is CC(C)=CCn1c(C(=O)NCc2ccccc2F)cc2sc(C)cc21. The topological polar surface area (TPSA) is 34.0 Å². The molecule has 0 saturated heterocycles. The highest BCUT2D eigenvalue weighted by molar-refractivity contribution is 7.19. The molecule has 0 saturated carbocycles. The zero-order valence-electron chi connectivity index (χ0n) is 14.6. The maximum absolute atomic E-state index is 13.7. The van der Waals surface area contributed by atoms with Crippen LogP contribution in [0, 0.1) is 12.7 Å². The number of nitrogens with one attached hydrogen (secondary N) is 1. The molecule has 25 heavy (non-hydrogen) atoms. The highest BCUT2D eigenvalue weighted by atomic mass is 32.1. The predicted molar refractivity (Wildman–Crippen MR) is 102 cm³/mol. The van der Waals surface area contributed by atoms with Crippen molar-refractivity contribution in [3.05, 3.63) is 70.0 Å². The van der Waals surface area contributed by atoms with Gasteiger partial charge in [-0.15, -0.1) is 11.3 Å². The molecule has 2 heterocycles. The Morgan fingerprint density at radius 3 is 2.76 bits per heavy atom. The third kappa shape index (κ3) is 3.82. The van der Waals surface area contributed by atoms with E-state index in [2.05, 4.69) is 24.4 Å². The third-order valence-corrected chi connectivity index (χ3v) is 5.01. The Morgan fingerprint density at radius 1 is 1.28 bits per heavy atom. The van der Waals surface area contributed by atoms with Gasteiger partial charge in [-0.1, -0.05) is 29.8 Å². The first kappa shape index (κ1) is 17.4. The number of carbonyl (C=O) groups excluding carboxylic acids is 1. The van der Waals surface area contributed by atoms with Crippen molar-refractivity contribution in [3.8, 4) is 0 Å². The Balaban J connectivity index is 1.87. The first-order chi connectivity index (χ1) is 12.0. The number of halogens is 1. The minimum atomic E-state index is -0.306. The van der Waals surface area contributed by atoms with Crippen molar-refractivity contribution in [2.24, 2.45) is 0 Å². The van der Waals surface area contributed by atoms with Gasteiger partial charge in [0.05, 0.1) is 10.2 Å². The Morgan fingerprint density at radius 2 is 2.04 bits per heavy atom. The van der Waals surface area contributed by atoms with Crippen LogP contribution in [0.15, 0.2) is 48.0 Å². The molecule has 0 bridgehead atoms. The fourth-order valence-electron chi connectivity index (χ4n) is 2.73. The van der Waals surface area contributed by atoms with Crippen LogP contribution in [0.2, 0.25) is 0 Å². The maximum atomic E-state index is 13.7.